The summed E-state index contributed by atoms with van der Waals surface area (Å²) in [7, 11) is 0. The second-order valence-electron chi connectivity index (χ2n) is 1.58. The van der Waals surface area contributed by atoms with Gasteiger partial charge in [-0.15, -0.1) is 0 Å². The van der Waals surface area contributed by atoms with Crippen molar-refractivity contribution in [1.82, 2.24) is 0 Å². The van der Waals surface area contributed by atoms with E-state index in [1.54, 1.807) is 0 Å². The first-order valence-electron chi connectivity index (χ1n) is 2.60. The lowest BCUT2D eigenvalue weighted by atomic mass is 10.5. The smallest absolute Gasteiger partial charge is 0.341 e. The molecule has 0 saturated heterocycles. The van der Waals surface area contributed by atoms with Crippen molar-refractivity contribution in [3.05, 3.63) is 6.92 Å². The lowest BCUT2D eigenvalue weighted by molar-refractivity contribution is -0.264. The minimum absolute atomic E-state index is 0.122. The second kappa shape index (κ2) is 3.75. The largest absolute Gasteiger partial charge is 0.445 e. The zero-order valence-electron chi connectivity index (χ0n) is 5.12. The average molecular weight is 159 g/mol. The Balaban J connectivity index is 3.52. The monoisotopic (exact) mass is 159 g/mol. The van der Waals surface area contributed by atoms with Crippen LogP contribution in [0.25, 0.3) is 0 Å². The number of alkyl halides is 4. The molecular weight excluding hydrogens is 152 g/mol. The van der Waals surface area contributed by atoms with Crippen LogP contribution in [0.1, 0.15) is 6.42 Å². The van der Waals surface area contributed by atoms with Crippen LogP contribution in [0.5, 0.6) is 0 Å². The number of halogens is 4. The van der Waals surface area contributed by atoms with Crippen molar-refractivity contribution in [3.8, 4) is 0 Å². The summed E-state index contributed by atoms with van der Waals surface area (Å²) in [4.78, 5) is 0. The second-order valence-corrected chi connectivity index (χ2v) is 1.58. The Kier molecular flexibility index (Phi) is 3.63. The molecule has 0 heterocycles. The first-order valence-corrected chi connectivity index (χ1v) is 2.60. The summed E-state index contributed by atoms with van der Waals surface area (Å²) in [6, 6.07) is 0. The maximum absolute atomic E-state index is 11.7. The molecule has 0 aliphatic carbocycles. The quantitative estimate of drug-likeness (QED) is 0.573. The van der Waals surface area contributed by atoms with Crippen molar-refractivity contribution in [2.45, 2.75) is 19.0 Å². The highest BCUT2D eigenvalue weighted by molar-refractivity contribution is 4.53. The average Bonchev–Trinajstić information content (AvgIpc) is 1.80. The molecule has 5 heteroatoms. The van der Waals surface area contributed by atoms with Crippen molar-refractivity contribution < 1.29 is 22.3 Å². The maximum Gasteiger partial charge on any atom is 0.445 e. The van der Waals surface area contributed by atoms with Crippen LogP contribution in [0.2, 0.25) is 0 Å². The van der Waals surface area contributed by atoms with Crippen molar-refractivity contribution >= 4 is 0 Å². The van der Waals surface area contributed by atoms with Crippen LogP contribution >= 0.6 is 0 Å². The Morgan fingerprint density at radius 2 is 1.90 bits per heavy atom. The topological polar surface area (TPSA) is 9.23 Å². The summed E-state index contributed by atoms with van der Waals surface area (Å²) in [6.07, 6.45) is -7.96. The van der Waals surface area contributed by atoms with E-state index in [0.717, 1.165) is 0 Å². The fraction of sp³-hybridized carbons (Fsp3) is 0.800. The van der Waals surface area contributed by atoms with E-state index in [0.29, 0.717) is 0 Å². The molecule has 1 nitrogen and oxygen atoms in total. The van der Waals surface area contributed by atoms with E-state index in [-0.39, 0.29) is 13.0 Å². The van der Waals surface area contributed by atoms with Gasteiger partial charge in [-0.25, -0.2) is 4.39 Å². The van der Waals surface area contributed by atoms with Crippen LogP contribution < -0.4 is 0 Å². The van der Waals surface area contributed by atoms with Crippen LogP contribution in [0.15, 0.2) is 0 Å². The van der Waals surface area contributed by atoms with Gasteiger partial charge in [-0.2, -0.15) is 13.2 Å². The van der Waals surface area contributed by atoms with Crippen LogP contribution in [-0.4, -0.2) is 19.1 Å². The zero-order chi connectivity index (χ0) is 8.20. The highest BCUT2D eigenvalue weighted by Crippen LogP contribution is 2.23. The van der Waals surface area contributed by atoms with Gasteiger partial charge in [0.2, 0.25) is 0 Å². The molecule has 0 spiro atoms. The van der Waals surface area contributed by atoms with Gasteiger partial charge < -0.3 is 4.74 Å². The van der Waals surface area contributed by atoms with E-state index in [1.807, 2.05) is 0 Å². The number of hydrogen-bond donors (Lipinski definition) is 0. The Morgan fingerprint density at radius 1 is 1.40 bits per heavy atom. The summed E-state index contributed by atoms with van der Waals surface area (Å²) >= 11 is 0. The Bertz CT molecular complexity index is 90.1. The molecule has 0 aromatic rings. The number of rotatable bonds is 3. The summed E-state index contributed by atoms with van der Waals surface area (Å²) in [6.45, 7) is 2.86. The SMILES string of the molecule is [CH2]CCOC(F)C(F)(F)F. The molecule has 61 valence electrons. The van der Waals surface area contributed by atoms with Crippen molar-refractivity contribution in [2.24, 2.45) is 0 Å². The lowest BCUT2D eigenvalue weighted by Gasteiger charge is -2.11. The molecule has 0 aliphatic rings. The van der Waals surface area contributed by atoms with E-state index in [2.05, 4.69) is 11.7 Å². The van der Waals surface area contributed by atoms with Gasteiger partial charge >= 0.3 is 6.18 Å². The molecule has 0 N–H and O–H groups in total. The minimum Gasteiger partial charge on any atom is -0.341 e. The van der Waals surface area contributed by atoms with E-state index in [1.165, 1.54) is 0 Å². The third-order valence-electron chi connectivity index (χ3n) is 0.666. The Labute approximate surface area is 56.0 Å². The van der Waals surface area contributed by atoms with Gasteiger partial charge in [0.15, 0.2) is 0 Å². The molecule has 1 unspecified atom stereocenters. The predicted molar refractivity (Wildman–Crippen MR) is 26.9 cm³/mol. The molecule has 0 aliphatic heterocycles. The summed E-state index contributed by atoms with van der Waals surface area (Å²) in [5.41, 5.74) is 0. The van der Waals surface area contributed by atoms with Crippen LogP contribution in [0, 0.1) is 6.92 Å². The molecule has 0 aromatic carbocycles. The highest BCUT2D eigenvalue weighted by Gasteiger charge is 2.40. The van der Waals surface area contributed by atoms with Crippen LogP contribution in [-0.2, 0) is 4.74 Å². The molecule has 1 atom stereocenters. The summed E-state index contributed by atoms with van der Waals surface area (Å²) < 4.78 is 49.2. The van der Waals surface area contributed by atoms with Gasteiger partial charge in [0.25, 0.3) is 6.36 Å². The molecule has 0 amide bonds. The standard InChI is InChI=1S/C5H7F4O/c1-2-3-10-4(6)5(7,8)9/h4H,1-3H2. The molecule has 1 radical (unpaired) electrons. The van der Waals surface area contributed by atoms with Crippen molar-refractivity contribution in [2.75, 3.05) is 6.61 Å². The first kappa shape index (κ1) is 9.68. The molecule has 0 bridgehead atoms. The molecule has 10 heavy (non-hydrogen) atoms. The van der Waals surface area contributed by atoms with Gasteiger partial charge in [-0.05, 0) is 6.42 Å². The van der Waals surface area contributed by atoms with Crippen LogP contribution in [0.3, 0.4) is 0 Å². The number of ether oxygens (including phenoxy) is 1. The van der Waals surface area contributed by atoms with Gasteiger partial charge in [0.05, 0.1) is 6.61 Å². The van der Waals surface area contributed by atoms with Crippen molar-refractivity contribution in [3.63, 3.8) is 0 Å². The molecule has 0 aromatic heterocycles. The third kappa shape index (κ3) is 3.66. The zero-order valence-corrected chi connectivity index (χ0v) is 5.12. The number of hydrogen-bond acceptors (Lipinski definition) is 1. The van der Waals surface area contributed by atoms with Crippen molar-refractivity contribution in [1.29, 1.82) is 0 Å². The highest BCUT2D eigenvalue weighted by atomic mass is 19.4. The fourth-order valence-corrected chi connectivity index (χ4v) is 0.281. The third-order valence-corrected chi connectivity index (χ3v) is 0.666. The van der Waals surface area contributed by atoms with E-state index in [4.69, 9.17) is 0 Å². The first-order chi connectivity index (χ1) is 4.48. The Hall–Kier alpha value is -0.320. The normalized spacial score (nSPS) is 15.3. The Morgan fingerprint density at radius 3 is 2.20 bits per heavy atom. The maximum atomic E-state index is 11.7. The van der Waals surface area contributed by atoms with Gasteiger partial charge in [0, 0.05) is 0 Å². The molecular formula is C5H7F4O. The molecule has 0 fully saturated rings. The summed E-state index contributed by atoms with van der Waals surface area (Å²) in [5.74, 6) is 0. The predicted octanol–water partition coefficient (Wildman–Crippen LogP) is 2.09. The molecule has 0 rings (SSSR count). The van der Waals surface area contributed by atoms with E-state index < -0.39 is 12.5 Å². The van der Waals surface area contributed by atoms with Gasteiger partial charge in [0.1, 0.15) is 0 Å². The molecule has 0 saturated carbocycles. The van der Waals surface area contributed by atoms with Gasteiger partial charge in [-0.1, -0.05) is 6.92 Å². The minimum atomic E-state index is -4.91. The summed E-state index contributed by atoms with van der Waals surface area (Å²) in [5, 5.41) is 0. The van der Waals surface area contributed by atoms with Gasteiger partial charge in [-0.3, -0.25) is 0 Å². The van der Waals surface area contributed by atoms with E-state index >= 15 is 0 Å². The fourth-order valence-electron chi connectivity index (χ4n) is 0.281. The lowest BCUT2D eigenvalue weighted by Crippen LogP contribution is -2.27. The van der Waals surface area contributed by atoms with Crippen LogP contribution in [0.4, 0.5) is 17.6 Å². The van der Waals surface area contributed by atoms with E-state index in [9.17, 15) is 17.6 Å².